The monoisotopic (exact) mass is 239 g/mol. The first-order valence-corrected chi connectivity index (χ1v) is 5.08. The van der Waals surface area contributed by atoms with E-state index >= 15 is 0 Å². The second-order valence-corrected chi connectivity index (χ2v) is 3.27. The first-order valence-electron chi connectivity index (χ1n) is 5.08. The van der Waals surface area contributed by atoms with Crippen molar-refractivity contribution >= 4 is 17.5 Å². The molecular formula is C11H13NO5. The summed E-state index contributed by atoms with van der Waals surface area (Å²) in [5.74, 6) is -2.42. The van der Waals surface area contributed by atoms with Gasteiger partial charge in [-0.15, -0.1) is 0 Å². The highest BCUT2D eigenvalue weighted by molar-refractivity contribution is 6.39. The van der Waals surface area contributed by atoms with Crippen molar-refractivity contribution in [3.63, 3.8) is 0 Å². The highest BCUT2D eigenvalue weighted by Gasteiger charge is 2.29. The molecule has 0 aliphatic heterocycles. The fourth-order valence-corrected chi connectivity index (χ4v) is 1.28. The Hall–Kier alpha value is -2.11. The van der Waals surface area contributed by atoms with E-state index in [0.717, 1.165) is 0 Å². The third-order valence-corrected chi connectivity index (χ3v) is 2.16. The number of ether oxygens (including phenoxy) is 1. The molecule has 0 fully saturated rings. The zero-order valence-corrected chi connectivity index (χ0v) is 9.54. The molecule has 1 aromatic heterocycles. The normalized spacial score (nSPS) is 13.2. The molecule has 1 rings (SSSR count). The summed E-state index contributed by atoms with van der Waals surface area (Å²) in [6, 6.07) is 3.12. The van der Waals surface area contributed by atoms with Gasteiger partial charge in [-0.1, -0.05) is 5.16 Å². The van der Waals surface area contributed by atoms with Crippen molar-refractivity contribution in [3.8, 4) is 0 Å². The first-order chi connectivity index (χ1) is 8.11. The van der Waals surface area contributed by atoms with Crippen LogP contribution in [0.3, 0.4) is 0 Å². The Morgan fingerprint density at radius 1 is 1.59 bits per heavy atom. The molecule has 0 amide bonds. The van der Waals surface area contributed by atoms with Gasteiger partial charge in [-0.05, 0) is 26.0 Å². The van der Waals surface area contributed by atoms with E-state index in [2.05, 4.69) is 9.89 Å². The van der Waals surface area contributed by atoms with E-state index in [1.807, 2.05) is 0 Å². The number of hydrogen-bond acceptors (Lipinski definition) is 6. The summed E-state index contributed by atoms with van der Waals surface area (Å²) >= 11 is 0. The van der Waals surface area contributed by atoms with E-state index in [0.29, 0.717) is 0 Å². The molecule has 0 aliphatic carbocycles. The molecule has 1 atom stereocenters. The van der Waals surface area contributed by atoms with E-state index in [1.165, 1.54) is 19.3 Å². The second kappa shape index (κ2) is 5.83. The SMILES string of the molecule is CCOC(=O)C(=O)C(C)/C(=N\O)c1ccco1. The highest BCUT2D eigenvalue weighted by Crippen LogP contribution is 2.12. The maximum absolute atomic E-state index is 11.6. The molecule has 6 nitrogen and oxygen atoms in total. The van der Waals surface area contributed by atoms with Gasteiger partial charge in [-0.25, -0.2) is 4.79 Å². The molecule has 1 aromatic rings. The number of Topliss-reactive ketones (excluding diaryl/α,β-unsaturated/α-hetero) is 1. The van der Waals surface area contributed by atoms with E-state index < -0.39 is 17.7 Å². The molecule has 0 aromatic carbocycles. The fraction of sp³-hybridized carbons (Fsp3) is 0.364. The summed E-state index contributed by atoms with van der Waals surface area (Å²) in [7, 11) is 0. The van der Waals surface area contributed by atoms with Gasteiger partial charge in [0.15, 0.2) is 5.76 Å². The lowest BCUT2D eigenvalue weighted by molar-refractivity contribution is -0.154. The summed E-state index contributed by atoms with van der Waals surface area (Å²) < 4.78 is 9.58. The molecule has 6 heteroatoms. The van der Waals surface area contributed by atoms with E-state index in [-0.39, 0.29) is 18.1 Å². The number of rotatable bonds is 5. The van der Waals surface area contributed by atoms with Gasteiger partial charge in [-0.2, -0.15) is 0 Å². The van der Waals surface area contributed by atoms with Crippen molar-refractivity contribution < 1.29 is 24.0 Å². The molecule has 1 N–H and O–H groups in total. The van der Waals surface area contributed by atoms with Crippen LogP contribution in [0.5, 0.6) is 0 Å². The Morgan fingerprint density at radius 2 is 2.29 bits per heavy atom. The van der Waals surface area contributed by atoms with Gasteiger partial charge in [0, 0.05) is 0 Å². The highest BCUT2D eigenvalue weighted by atomic mass is 16.5. The van der Waals surface area contributed by atoms with Crippen LogP contribution >= 0.6 is 0 Å². The van der Waals surface area contributed by atoms with Crippen LogP contribution in [0.15, 0.2) is 28.0 Å². The topological polar surface area (TPSA) is 89.1 Å². The molecule has 17 heavy (non-hydrogen) atoms. The van der Waals surface area contributed by atoms with Crippen LogP contribution in [0.25, 0.3) is 0 Å². The number of ketones is 1. The maximum atomic E-state index is 11.6. The van der Waals surface area contributed by atoms with E-state index in [4.69, 9.17) is 9.62 Å². The average Bonchev–Trinajstić information content (AvgIpc) is 2.83. The van der Waals surface area contributed by atoms with Crippen molar-refractivity contribution in [3.05, 3.63) is 24.2 Å². The molecule has 0 aliphatic rings. The summed E-state index contributed by atoms with van der Waals surface area (Å²) in [4.78, 5) is 22.9. The van der Waals surface area contributed by atoms with Gasteiger partial charge in [0.25, 0.3) is 0 Å². The Balaban J connectivity index is 2.85. The molecular weight excluding hydrogens is 226 g/mol. The van der Waals surface area contributed by atoms with Gasteiger partial charge in [-0.3, -0.25) is 4.79 Å². The van der Waals surface area contributed by atoms with Crippen molar-refractivity contribution in [2.75, 3.05) is 6.61 Å². The zero-order chi connectivity index (χ0) is 12.8. The Bertz CT molecular complexity index is 421. The van der Waals surface area contributed by atoms with Crippen LogP contribution in [-0.4, -0.2) is 29.3 Å². The maximum Gasteiger partial charge on any atom is 0.375 e. The van der Waals surface area contributed by atoms with Crippen molar-refractivity contribution in [2.45, 2.75) is 13.8 Å². The minimum atomic E-state index is -0.951. The third kappa shape index (κ3) is 2.93. The summed E-state index contributed by atoms with van der Waals surface area (Å²) in [6.07, 6.45) is 1.38. The smallest absolute Gasteiger partial charge is 0.375 e. The quantitative estimate of drug-likeness (QED) is 0.274. The lowest BCUT2D eigenvalue weighted by atomic mass is 9.99. The van der Waals surface area contributed by atoms with Crippen LogP contribution in [0.2, 0.25) is 0 Å². The predicted octanol–water partition coefficient (Wildman–Crippen LogP) is 1.23. The molecule has 0 radical (unpaired) electrons. The zero-order valence-electron chi connectivity index (χ0n) is 9.54. The van der Waals surface area contributed by atoms with Gasteiger partial charge in [0.1, 0.15) is 5.71 Å². The van der Waals surface area contributed by atoms with Crippen molar-refractivity contribution in [1.82, 2.24) is 0 Å². The number of carbonyl (C=O) groups excluding carboxylic acids is 2. The number of furan rings is 1. The molecule has 0 saturated carbocycles. The second-order valence-electron chi connectivity index (χ2n) is 3.27. The fourth-order valence-electron chi connectivity index (χ4n) is 1.28. The first kappa shape index (κ1) is 13.0. The van der Waals surface area contributed by atoms with Crippen molar-refractivity contribution in [2.24, 2.45) is 11.1 Å². The van der Waals surface area contributed by atoms with Crippen LogP contribution in [0.1, 0.15) is 19.6 Å². The number of oxime groups is 1. The molecule has 0 spiro atoms. The minimum absolute atomic E-state index is 0.00643. The predicted molar refractivity (Wildman–Crippen MR) is 57.8 cm³/mol. The standard InChI is InChI=1S/C11H13NO5/c1-3-16-11(14)10(13)7(2)9(12-15)8-5-4-6-17-8/h4-7,15H,3H2,1-2H3/b12-9+. The summed E-state index contributed by atoms with van der Waals surface area (Å²) in [5, 5.41) is 11.8. The molecule has 1 unspecified atom stereocenters. The number of hydrogen-bond donors (Lipinski definition) is 1. The Morgan fingerprint density at radius 3 is 2.76 bits per heavy atom. The molecule has 92 valence electrons. The van der Waals surface area contributed by atoms with Gasteiger partial charge in [0.2, 0.25) is 5.78 Å². The van der Waals surface area contributed by atoms with E-state index in [1.54, 1.807) is 13.0 Å². The Labute approximate surface area is 97.9 Å². The van der Waals surface area contributed by atoms with Gasteiger partial charge in [0.05, 0.1) is 18.8 Å². The minimum Gasteiger partial charge on any atom is -0.463 e. The number of carbonyl (C=O) groups is 2. The lowest BCUT2D eigenvalue weighted by Gasteiger charge is -2.09. The van der Waals surface area contributed by atoms with Crippen LogP contribution in [-0.2, 0) is 14.3 Å². The van der Waals surface area contributed by atoms with Crippen LogP contribution in [0.4, 0.5) is 0 Å². The number of nitrogens with zero attached hydrogens (tertiary/aromatic N) is 1. The van der Waals surface area contributed by atoms with Crippen LogP contribution < -0.4 is 0 Å². The summed E-state index contributed by atoms with van der Waals surface area (Å²) in [6.45, 7) is 3.16. The Kier molecular flexibility index (Phi) is 4.45. The van der Waals surface area contributed by atoms with Gasteiger partial charge >= 0.3 is 5.97 Å². The molecule has 0 saturated heterocycles. The average molecular weight is 239 g/mol. The van der Waals surface area contributed by atoms with Crippen LogP contribution in [0, 0.1) is 5.92 Å². The molecule has 0 bridgehead atoms. The summed E-state index contributed by atoms with van der Waals surface area (Å²) in [5.41, 5.74) is -0.00643. The number of esters is 1. The van der Waals surface area contributed by atoms with Gasteiger partial charge < -0.3 is 14.4 Å². The largest absolute Gasteiger partial charge is 0.463 e. The van der Waals surface area contributed by atoms with E-state index in [9.17, 15) is 9.59 Å². The van der Waals surface area contributed by atoms with Crippen molar-refractivity contribution in [1.29, 1.82) is 0 Å². The lowest BCUT2D eigenvalue weighted by Crippen LogP contribution is -2.30. The molecule has 1 heterocycles. The third-order valence-electron chi connectivity index (χ3n) is 2.16.